The molecule has 2 aliphatic carbocycles. The Morgan fingerprint density at radius 1 is 1.26 bits per heavy atom. The predicted octanol–water partition coefficient (Wildman–Crippen LogP) is 3.12. The molecule has 0 spiro atoms. The van der Waals surface area contributed by atoms with Crippen LogP contribution in [0.25, 0.3) is 0 Å². The zero-order chi connectivity index (χ0) is 19.7. The van der Waals surface area contributed by atoms with Gasteiger partial charge in [0.05, 0.1) is 10.6 Å². The number of halogens is 2. The van der Waals surface area contributed by atoms with Gasteiger partial charge >= 0.3 is 0 Å². The fourth-order valence-corrected chi connectivity index (χ4v) is 5.44. The van der Waals surface area contributed by atoms with Gasteiger partial charge in [0.25, 0.3) is 16.1 Å². The van der Waals surface area contributed by atoms with Gasteiger partial charge in [-0.3, -0.25) is 4.79 Å². The van der Waals surface area contributed by atoms with Crippen LogP contribution < -0.4 is 14.8 Å². The highest BCUT2D eigenvalue weighted by molar-refractivity contribution is 7.87. The van der Waals surface area contributed by atoms with E-state index in [0.29, 0.717) is 34.6 Å². The van der Waals surface area contributed by atoms with Gasteiger partial charge in [0.1, 0.15) is 0 Å². The lowest BCUT2D eigenvalue weighted by atomic mass is 9.63. The van der Waals surface area contributed by atoms with E-state index in [1.165, 1.54) is 12.8 Å². The van der Waals surface area contributed by atoms with Crippen LogP contribution in [0, 0.1) is 11.3 Å². The second kappa shape index (κ2) is 8.25. The van der Waals surface area contributed by atoms with Gasteiger partial charge in [0, 0.05) is 24.2 Å². The molecule has 6 nitrogen and oxygen atoms in total. The smallest absolute Gasteiger partial charge is 0.277 e. The molecule has 0 heterocycles. The lowest BCUT2D eigenvalue weighted by Crippen LogP contribution is -2.56. The molecule has 0 atom stereocenters. The fraction of sp³-hybridized carbons (Fsp3) is 0.611. The first kappa shape index (κ1) is 20.9. The molecule has 1 amide bonds. The van der Waals surface area contributed by atoms with E-state index in [0.717, 1.165) is 19.3 Å². The predicted molar refractivity (Wildman–Crippen MR) is 107 cm³/mol. The van der Waals surface area contributed by atoms with Gasteiger partial charge in [-0.1, -0.05) is 43.0 Å². The highest BCUT2D eigenvalue weighted by Gasteiger charge is 2.48. The van der Waals surface area contributed by atoms with Crippen molar-refractivity contribution < 1.29 is 13.2 Å². The average molecular weight is 434 g/mol. The Balaban J connectivity index is 1.59. The van der Waals surface area contributed by atoms with Gasteiger partial charge < -0.3 is 5.32 Å². The Morgan fingerprint density at radius 2 is 1.96 bits per heavy atom. The summed E-state index contributed by atoms with van der Waals surface area (Å²) in [5.74, 6) is 0.455. The SMILES string of the molecule is CCNS(=O)(=O)N[C@H]1C[C@@](CNC(=O)c2ccc(Cl)cc2Cl)(CC2CC2)C1. The van der Waals surface area contributed by atoms with Crippen LogP contribution in [-0.2, 0) is 10.2 Å². The Morgan fingerprint density at radius 3 is 2.56 bits per heavy atom. The number of hydrogen-bond donors (Lipinski definition) is 3. The van der Waals surface area contributed by atoms with Crippen molar-refractivity contribution in [2.24, 2.45) is 11.3 Å². The molecule has 1 aromatic rings. The third kappa shape index (κ3) is 5.57. The van der Waals surface area contributed by atoms with Gasteiger partial charge in [-0.05, 0) is 48.8 Å². The summed E-state index contributed by atoms with van der Waals surface area (Å²) in [5, 5.41) is 3.79. The molecule has 27 heavy (non-hydrogen) atoms. The maximum Gasteiger partial charge on any atom is 0.277 e. The number of amides is 1. The molecule has 0 aliphatic heterocycles. The zero-order valence-electron chi connectivity index (χ0n) is 15.2. The molecule has 2 saturated carbocycles. The molecular formula is C18H25Cl2N3O3S. The maximum atomic E-state index is 12.5. The van der Waals surface area contributed by atoms with Crippen molar-refractivity contribution in [1.82, 2.24) is 14.8 Å². The van der Waals surface area contributed by atoms with Crippen molar-refractivity contribution in [3.05, 3.63) is 33.8 Å². The van der Waals surface area contributed by atoms with Crippen molar-refractivity contribution in [3.63, 3.8) is 0 Å². The van der Waals surface area contributed by atoms with Crippen LogP contribution in [0.5, 0.6) is 0 Å². The van der Waals surface area contributed by atoms with E-state index < -0.39 is 10.2 Å². The molecular weight excluding hydrogens is 409 g/mol. The minimum absolute atomic E-state index is 0.0604. The molecule has 0 saturated heterocycles. The first-order valence-electron chi connectivity index (χ1n) is 9.22. The molecule has 9 heteroatoms. The minimum Gasteiger partial charge on any atom is -0.351 e. The average Bonchev–Trinajstić information content (AvgIpc) is 3.34. The van der Waals surface area contributed by atoms with E-state index in [1.54, 1.807) is 25.1 Å². The number of nitrogens with one attached hydrogen (secondary N) is 3. The Hall–Kier alpha value is -0.860. The van der Waals surface area contributed by atoms with E-state index >= 15 is 0 Å². The van der Waals surface area contributed by atoms with Crippen molar-refractivity contribution in [2.45, 2.75) is 45.1 Å². The molecule has 1 aromatic carbocycles. The van der Waals surface area contributed by atoms with E-state index in [1.807, 2.05) is 0 Å². The lowest BCUT2D eigenvalue weighted by molar-refractivity contribution is 0.0660. The highest BCUT2D eigenvalue weighted by atomic mass is 35.5. The molecule has 0 bridgehead atoms. The number of carbonyl (C=O) groups excluding carboxylic acids is 1. The van der Waals surface area contributed by atoms with Crippen LogP contribution in [-0.4, -0.2) is 33.5 Å². The second-order valence-electron chi connectivity index (χ2n) is 7.68. The third-order valence-corrected chi connectivity index (χ3v) is 7.09. The van der Waals surface area contributed by atoms with Gasteiger partial charge in [0.15, 0.2) is 0 Å². The van der Waals surface area contributed by atoms with Gasteiger partial charge in [0.2, 0.25) is 0 Å². The summed E-state index contributed by atoms with van der Waals surface area (Å²) in [6.45, 7) is 2.61. The normalized spacial score (nSPS) is 25.1. The highest BCUT2D eigenvalue weighted by Crippen LogP contribution is 2.51. The van der Waals surface area contributed by atoms with Crippen LogP contribution in [0.3, 0.4) is 0 Å². The lowest BCUT2D eigenvalue weighted by Gasteiger charge is -2.48. The van der Waals surface area contributed by atoms with Crippen molar-refractivity contribution in [3.8, 4) is 0 Å². The second-order valence-corrected chi connectivity index (χ2v) is 10.1. The zero-order valence-corrected chi connectivity index (χ0v) is 17.6. The van der Waals surface area contributed by atoms with Crippen LogP contribution >= 0.6 is 23.2 Å². The molecule has 0 unspecified atom stereocenters. The van der Waals surface area contributed by atoms with E-state index in [4.69, 9.17) is 23.2 Å². The maximum absolute atomic E-state index is 12.5. The van der Waals surface area contributed by atoms with E-state index in [2.05, 4.69) is 14.8 Å². The molecule has 3 N–H and O–H groups in total. The molecule has 0 radical (unpaired) electrons. The first-order valence-corrected chi connectivity index (χ1v) is 11.5. The number of carbonyl (C=O) groups is 1. The van der Waals surface area contributed by atoms with Crippen LogP contribution in [0.1, 0.15) is 49.4 Å². The summed E-state index contributed by atoms with van der Waals surface area (Å²) in [5.41, 5.74) is 0.334. The Kier molecular flexibility index (Phi) is 6.37. The quantitative estimate of drug-likeness (QED) is 0.558. The van der Waals surface area contributed by atoms with Crippen molar-refractivity contribution in [1.29, 1.82) is 0 Å². The Bertz CT molecular complexity index is 806. The van der Waals surface area contributed by atoms with Crippen molar-refractivity contribution >= 4 is 39.3 Å². The van der Waals surface area contributed by atoms with Gasteiger partial charge in [-0.15, -0.1) is 0 Å². The monoisotopic (exact) mass is 433 g/mol. The fourth-order valence-electron chi connectivity index (χ4n) is 3.87. The third-order valence-electron chi connectivity index (χ3n) is 5.23. The molecule has 0 aromatic heterocycles. The number of hydrogen-bond acceptors (Lipinski definition) is 3. The summed E-state index contributed by atoms with van der Waals surface area (Å²) < 4.78 is 28.9. The molecule has 2 fully saturated rings. The van der Waals surface area contributed by atoms with E-state index in [-0.39, 0.29) is 17.4 Å². The van der Waals surface area contributed by atoms with Crippen molar-refractivity contribution in [2.75, 3.05) is 13.1 Å². The van der Waals surface area contributed by atoms with E-state index in [9.17, 15) is 13.2 Å². The summed E-state index contributed by atoms with van der Waals surface area (Å²) in [6, 6.07) is 4.70. The number of benzene rings is 1. The van der Waals surface area contributed by atoms with Crippen LogP contribution in [0.15, 0.2) is 18.2 Å². The number of rotatable bonds is 9. The van der Waals surface area contributed by atoms with Crippen LogP contribution in [0.2, 0.25) is 10.0 Å². The standard InChI is InChI=1S/C18H25Cl2N3O3S/c1-2-22-27(25,26)23-14-9-18(10-14,8-12-3-4-12)11-21-17(24)15-6-5-13(19)7-16(15)20/h5-7,12,14,22-23H,2-4,8-11H2,1H3,(H,21,24)/t14-,18-. The summed E-state index contributed by atoms with van der Waals surface area (Å²) in [4.78, 5) is 12.5. The topological polar surface area (TPSA) is 87.3 Å². The summed E-state index contributed by atoms with van der Waals surface area (Å²) in [7, 11) is -3.46. The van der Waals surface area contributed by atoms with Gasteiger partial charge in [-0.2, -0.15) is 13.1 Å². The van der Waals surface area contributed by atoms with Gasteiger partial charge in [-0.25, -0.2) is 4.72 Å². The summed E-state index contributed by atoms with van der Waals surface area (Å²) in [6.07, 6.45) is 4.89. The minimum atomic E-state index is -3.46. The first-order chi connectivity index (χ1) is 12.7. The summed E-state index contributed by atoms with van der Waals surface area (Å²) >= 11 is 12.0. The molecule has 3 rings (SSSR count). The Labute approximate surface area is 170 Å². The molecule has 150 valence electrons. The molecule has 2 aliphatic rings. The largest absolute Gasteiger partial charge is 0.351 e. The van der Waals surface area contributed by atoms with Crippen LogP contribution in [0.4, 0.5) is 0 Å².